The summed E-state index contributed by atoms with van der Waals surface area (Å²) in [4.78, 5) is 0. The van der Waals surface area contributed by atoms with E-state index in [2.05, 4.69) is 5.32 Å². The van der Waals surface area contributed by atoms with Crippen LogP contribution >= 0.6 is 0 Å². The minimum Gasteiger partial charge on any atom is -0.385 e. The Hall–Kier alpha value is -0.290. The Kier molecular flexibility index (Phi) is 7.78. The third-order valence-electron chi connectivity index (χ3n) is 2.11. The second-order valence-electron chi connectivity index (χ2n) is 3.84. The van der Waals surface area contributed by atoms with Gasteiger partial charge in [0.1, 0.15) is 0 Å². The van der Waals surface area contributed by atoms with Crippen LogP contribution in [-0.4, -0.2) is 33.0 Å². The van der Waals surface area contributed by atoms with E-state index in [9.17, 15) is 13.2 Å². The van der Waals surface area contributed by atoms with Crippen LogP contribution in [-0.2, 0) is 4.74 Å². The number of ether oxygens (including phenoxy) is 1. The molecule has 0 aromatic heterocycles. The number of halogens is 3. The molecule has 0 saturated carbocycles. The molecule has 0 aliphatic carbocycles. The van der Waals surface area contributed by atoms with E-state index in [4.69, 9.17) is 4.74 Å². The van der Waals surface area contributed by atoms with E-state index in [1.54, 1.807) is 7.11 Å². The van der Waals surface area contributed by atoms with E-state index >= 15 is 0 Å². The number of methoxy groups -OCH3 is 1. The molecule has 0 aromatic rings. The Morgan fingerprint density at radius 2 is 1.93 bits per heavy atom. The molecule has 0 saturated heterocycles. The lowest BCUT2D eigenvalue weighted by molar-refractivity contribution is -0.125. The third kappa shape index (κ3) is 11.6. The fourth-order valence-electron chi connectivity index (χ4n) is 1.30. The zero-order chi connectivity index (χ0) is 11.7. The SMILES string of the molecule is COCCCCC(C)CNCC(F)(F)F. The molecule has 0 spiro atoms. The van der Waals surface area contributed by atoms with Gasteiger partial charge in [-0.15, -0.1) is 0 Å². The summed E-state index contributed by atoms with van der Waals surface area (Å²) in [5.41, 5.74) is 0. The van der Waals surface area contributed by atoms with Crippen molar-refractivity contribution in [3.63, 3.8) is 0 Å². The molecule has 0 amide bonds. The molecule has 0 rings (SSSR count). The smallest absolute Gasteiger partial charge is 0.385 e. The number of nitrogens with one attached hydrogen (secondary N) is 1. The largest absolute Gasteiger partial charge is 0.401 e. The Labute approximate surface area is 89.2 Å². The van der Waals surface area contributed by atoms with Crippen LogP contribution < -0.4 is 5.32 Å². The number of hydrogen-bond acceptors (Lipinski definition) is 2. The summed E-state index contributed by atoms with van der Waals surface area (Å²) >= 11 is 0. The summed E-state index contributed by atoms with van der Waals surface area (Å²) in [7, 11) is 1.65. The number of rotatable bonds is 8. The van der Waals surface area contributed by atoms with Gasteiger partial charge in [-0.05, 0) is 25.3 Å². The van der Waals surface area contributed by atoms with Crippen LogP contribution in [0.25, 0.3) is 0 Å². The molecule has 0 radical (unpaired) electrons. The summed E-state index contributed by atoms with van der Waals surface area (Å²) in [6.45, 7) is 2.21. The van der Waals surface area contributed by atoms with Gasteiger partial charge in [-0.1, -0.05) is 13.3 Å². The van der Waals surface area contributed by atoms with Crippen LogP contribution in [0.1, 0.15) is 26.2 Å². The first kappa shape index (κ1) is 14.7. The lowest BCUT2D eigenvalue weighted by atomic mass is 10.0. The van der Waals surface area contributed by atoms with E-state index in [-0.39, 0.29) is 5.92 Å². The molecule has 92 valence electrons. The van der Waals surface area contributed by atoms with Crippen molar-refractivity contribution >= 4 is 0 Å². The second kappa shape index (κ2) is 7.93. The highest BCUT2D eigenvalue weighted by Gasteiger charge is 2.26. The predicted molar refractivity (Wildman–Crippen MR) is 53.8 cm³/mol. The summed E-state index contributed by atoms with van der Waals surface area (Å²) in [5, 5.41) is 2.41. The van der Waals surface area contributed by atoms with Crippen molar-refractivity contribution in [2.75, 3.05) is 26.8 Å². The van der Waals surface area contributed by atoms with Gasteiger partial charge in [0.2, 0.25) is 0 Å². The topological polar surface area (TPSA) is 21.3 Å². The third-order valence-corrected chi connectivity index (χ3v) is 2.11. The number of hydrogen-bond donors (Lipinski definition) is 1. The summed E-state index contributed by atoms with van der Waals surface area (Å²) in [6.07, 6.45) is -1.19. The van der Waals surface area contributed by atoms with Crippen molar-refractivity contribution in [3.05, 3.63) is 0 Å². The molecule has 15 heavy (non-hydrogen) atoms. The van der Waals surface area contributed by atoms with Gasteiger partial charge >= 0.3 is 6.18 Å². The number of unbranched alkanes of at least 4 members (excludes halogenated alkanes) is 1. The average molecular weight is 227 g/mol. The fraction of sp³-hybridized carbons (Fsp3) is 1.00. The molecular weight excluding hydrogens is 207 g/mol. The Balaban J connectivity index is 3.29. The van der Waals surface area contributed by atoms with E-state index in [1.807, 2.05) is 6.92 Å². The van der Waals surface area contributed by atoms with Crippen LogP contribution in [0.5, 0.6) is 0 Å². The molecule has 1 unspecified atom stereocenters. The zero-order valence-electron chi connectivity index (χ0n) is 9.36. The average Bonchev–Trinajstić information content (AvgIpc) is 2.10. The first-order valence-corrected chi connectivity index (χ1v) is 5.22. The first-order chi connectivity index (χ1) is 6.95. The molecule has 0 heterocycles. The fourth-order valence-corrected chi connectivity index (χ4v) is 1.30. The van der Waals surface area contributed by atoms with Gasteiger partial charge in [0.25, 0.3) is 0 Å². The van der Waals surface area contributed by atoms with Crippen LogP contribution in [0.4, 0.5) is 13.2 Å². The maximum absolute atomic E-state index is 11.8. The minimum absolute atomic E-state index is 0.282. The Bertz CT molecular complexity index is 150. The van der Waals surface area contributed by atoms with Crippen molar-refractivity contribution in [1.82, 2.24) is 5.32 Å². The molecule has 1 N–H and O–H groups in total. The lowest BCUT2D eigenvalue weighted by Crippen LogP contribution is -2.31. The number of alkyl halides is 3. The van der Waals surface area contributed by atoms with E-state index < -0.39 is 12.7 Å². The van der Waals surface area contributed by atoms with Gasteiger partial charge in [0, 0.05) is 13.7 Å². The van der Waals surface area contributed by atoms with Crippen LogP contribution in [0.3, 0.4) is 0 Å². The van der Waals surface area contributed by atoms with Crippen LogP contribution in [0, 0.1) is 5.92 Å². The minimum atomic E-state index is -4.10. The summed E-state index contributed by atoms with van der Waals surface area (Å²) < 4.78 is 40.2. The van der Waals surface area contributed by atoms with Crippen molar-refractivity contribution in [3.8, 4) is 0 Å². The maximum Gasteiger partial charge on any atom is 0.401 e. The van der Waals surface area contributed by atoms with Gasteiger partial charge in [0.15, 0.2) is 0 Å². The van der Waals surface area contributed by atoms with Crippen molar-refractivity contribution in [1.29, 1.82) is 0 Å². The van der Waals surface area contributed by atoms with E-state index in [0.29, 0.717) is 6.54 Å². The highest BCUT2D eigenvalue weighted by atomic mass is 19.4. The molecule has 0 aliphatic rings. The molecule has 5 heteroatoms. The molecule has 0 aromatic carbocycles. The van der Waals surface area contributed by atoms with Crippen molar-refractivity contribution in [2.45, 2.75) is 32.4 Å². The molecule has 2 nitrogen and oxygen atoms in total. The molecule has 0 fully saturated rings. The van der Waals surface area contributed by atoms with Crippen LogP contribution in [0.15, 0.2) is 0 Å². The molecular formula is C10H20F3NO. The maximum atomic E-state index is 11.8. The normalized spacial score (nSPS) is 14.2. The second-order valence-corrected chi connectivity index (χ2v) is 3.84. The summed E-state index contributed by atoms with van der Waals surface area (Å²) in [6, 6.07) is 0. The standard InChI is InChI=1S/C10H20F3NO/c1-9(5-3-4-6-15-2)7-14-8-10(11,12)13/h9,14H,3-8H2,1-2H3. The lowest BCUT2D eigenvalue weighted by Gasteiger charge is -2.13. The highest BCUT2D eigenvalue weighted by Crippen LogP contribution is 2.13. The highest BCUT2D eigenvalue weighted by molar-refractivity contribution is 4.60. The molecule has 0 aliphatic heterocycles. The van der Waals surface area contributed by atoms with E-state index in [0.717, 1.165) is 25.9 Å². The monoisotopic (exact) mass is 227 g/mol. The molecule has 0 bridgehead atoms. The Morgan fingerprint density at radius 3 is 2.47 bits per heavy atom. The van der Waals surface area contributed by atoms with E-state index in [1.165, 1.54) is 0 Å². The predicted octanol–water partition coefficient (Wildman–Crippen LogP) is 2.59. The first-order valence-electron chi connectivity index (χ1n) is 5.22. The quantitative estimate of drug-likeness (QED) is 0.643. The van der Waals surface area contributed by atoms with Gasteiger partial charge in [-0.3, -0.25) is 0 Å². The van der Waals surface area contributed by atoms with Crippen LogP contribution in [0.2, 0.25) is 0 Å². The van der Waals surface area contributed by atoms with Gasteiger partial charge in [-0.2, -0.15) is 13.2 Å². The zero-order valence-corrected chi connectivity index (χ0v) is 9.36. The van der Waals surface area contributed by atoms with Gasteiger partial charge in [-0.25, -0.2) is 0 Å². The summed E-state index contributed by atoms with van der Waals surface area (Å²) in [5.74, 6) is 0.282. The van der Waals surface area contributed by atoms with Crippen molar-refractivity contribution < 1.29 is 17.9 Å². The van der Waals surface area contributed by atoms with Gasteiger partial charge in [0.05, 0.1) is 6.54 Å². The van der Waals surface area contributed by atoms with Gasteiger partial charge < -0.3 is 10.1 Å². The Morgan fingerprint density at radius 1 is 1.27 bits per heavy atom. The van der Waals surface area contributed by atoms with Crippen molar-refractivity contribution in [2.24, 2.45) is 5.92 Å². The molecule has 1 atom stereocenters.